The Kier molecular flexibility index (Phi) is 4.04. The molecule has 3 N–H and O–H groups in total. The van der Waals surface area contributed by atoms with E-state index in [9.17, 15) is 0 Å². The number of ether oxygens (including phenoxy) is 1. The Hall–Kier alpha value is -0.610. The summed E-state index contributed by atoms with van der Waals surface area (Å²) in [6, 6.07) is 6.41. The van der Waals surface area contributed by atoms with E-state index in [2.05, 4.69) is 17.6 Å². The Morgan fingerprint density at radius 2 is 2.25 bits per heavy atom. The standard InChI is InChI=1S/C16H23ClN2O/c1-11-3-4-12(9-14(11)17)15(19-18)13-5-8-20-16(10-13)6-2-7-16/h3-4,9,13,15,19H,2,5-8,10,18H2,1H3. The molecule has 3 rings (SSSR count). The van der Waals surface area contributed by atoms with Crippen LogP contribution >= 0.6 is 11.6 Å². The van der Waals surface area contributed by atoms with Crippen LogP contribution in [0.25, 0.3) is 0 Å². The van der Waals surface area contributed by atoms with Gasteiger partial charge in [-0.05, 0) is 62.1 Å². The first kappa shape index (κ1) is 14.3. The monoisotopic (exact) mass is 294 g/mol. The average Bonchev–Trinajstić information content (AvgIpc) is 2.42. The minimum atomic E-state index is 0.145. The quantitative estimate of drug-likeness (QED) is 0.662. The van der Waals surface area contributed by atoms with Crippen LogP contribution in [0.5, 0.6) is 0 Å². The fraction of sp³-hybridized carbons (Fsp3) is 0.625. The van der Waals surface area contributed by atoms with Crippen molar-refractivity contribution in [3.8, 4) is 0 Å². The van der Waals surface area contributed by atoms with Crippen LogP contribution in [0.1, 0.15) is 49.3 Å². The van der Waals surface area contributed by atoms with Crippen molar-refractivity contribution < 1.29 is 4.74 Å². The molecule has 1 aliphatic carbocycles. The van der Waals surface area contributed by atoms with Crippen molar-refractivity contribution in [1.29, 1.82) is 0 Å². The van der Waals surface area contributed by atoms with Crippen LogP contribution < -0.4 is 11.3 Å². The lowest BCUT2D eigenvalue weighted by molar-refractivity contribution is -0.147. The van der Waals surface area contributed by atoms with Crippen LogP contribution in [0, 0.1) is 12.8 Å². The molecular formula is C16H23ClN2O. The molecule has 0 amide bonds. The molecule has 2 fully saturated rings. The molecule has 20 heavy (non-hydrogen) atoms. The summed E-state index contributed by atoms with van der Waals surface area (Å²) in [4.78, 5) is 0. The second-order valence-electron chi connectivity index (χ2n) is 6.29. The van der Waals surface area contributed by atoms with Gasteiger partial charge in [-0.15, -0.1) is 0 Å². The zero-order chi connectivity index (χ0) is 14.2. The van der Waals surface area contributed by atoms with Crippen LogP contribution in [-0.4, -0.2) is 12.2 Å². The fourth-order valence-corrected chi connectivity index (χ4v) is 3.77. The van der Waals surface area contributed by atoms with E-state index in [-0.39, 0.29) is 11.6 Å². The van der Waals surface area contributed by atoms with E-state index in [1.807, 2.05) is 13.0 Å². The highest BCUT2D eigenvalue weighted by molar-refractivity contribution is 6.31. The minimum absolute atomic E-state index is 0.145. The topological polar surface area (TPSA) is 47.3 Å². The van der Waals surface area contributed by atoms with Gasteiger partial charge in [0.25, 0.3) is 0 Å². The summed E-state index contributed by atoms with van der Waals surface area (Å²) in [5.41, 5.74) is 5.44. The normalized spacial score (nSPS) is 26.2. The van der Waals surface area contributed by atoms with Gasteiger partial charge in [0.15, 0.2) is 0 Å². The van der Waals surface area contributed by atoms with Crippen LogP contribution in [0.2, 0.25) is 5.02 Å². The van der Waals surface area contributed by atoms with Gasteiger partial charge in [0, 0.05) is 17.7 Å². The van der Waals surface area contributed by atoms with E-state index < -0.39 is 0 Å². The lowest BCUT2D eigenvalue weighted by atomic mass is 9.70. The number of nitrogens with two attached hydrogens (primary N) is 1. The molecule has 1 aliphatic heterocycles. The zero-order valence-corrected chi connectivity index (χ0v) is 12.7. The third-order valence-corrected chi connectivity index (χ3v) is 5.41. The Balaban J connectivity index is 1.79. The predicted octanol–water partition coefficient (Wildman–Crippen LogP) is 3.50. The smallest absolute Gasteiger partial charge is 0.0686 e. The number of hydrazine groups is 1. The Morgan fingerprint density at radius 3 is 2.85 bits per heavy atom. The molecule has 1 aromatic carbocycles. The number of hydrogen-bond donors (Lipinski definition) is 2. The maximum Gasteiger partial charge on any atom is 0.0686 e. The number of benzene rings is 1. The molecule has 4 heteroatoms. The van der Waals surface area contributed by atoms with E-state index >= 15 is 0 Å². The van der Waals surface area contributed by atoms with Gasteiger partial charge in [-0.1, -0.05) is 23.7 Å². The second kappa shape index (κ2) is 5.64. The fourth-order valence-electron chi connectivity index (χ4n) is 3.58. The van der Waals surface area contributed by atoms with Gasteiger partial charge in [-0.3, -0.25) is 11.3 Å². The first-order chi connectivity index (χ1) is 9.63. The highest BCUT2D eigenvalue weighted by Crippen LogP contribution is 2.47. The lowest BCUT2D eigenvalue weighted by Crippen LogP contribution is -2.48. The van der Waals surface area contributed by atoms with Crippen molar-refractivity contribution in [2.24, 2.45) is 11.8 Å². The van der Waals surface area contributed by atoms with Crippen LogP contribution in [-0.2, 0) is 4.74 Å². The second-order valence-corrected chi connectivity index (χ2v) is 6.70. The highest BCUT2D eigenvalue weighted by atomic mass is 35.5. The summed E-state index contributed by atoms with van der Waals surface area (Å²) in [6.45, 7) is 2.87. The molecule has 2 unspecified atom stereocenters. The molecular weight excluding hydrogens is 272 g/mol. The highest BCUT2D eigenvalue weighted by Gasteiger charge is 2.44. The third kappa shape index (κ3) is 2.60. The van der Waals surface area contributed by atoms with Gasteiger partial charge in [-0.25, -0.2) is 0 Å². The maximum atomic E-state index is 6.26. The SMILES string of the molecule is Cc1ccc(C(NN)C2CCOC3(CCC3)C2)cc1Cl. The van der Waals surface area contributed by atoms with Gasteiger partial charge < -0.3 is 4.74 Å². The summed E-state index contributed by atoms with van der Waals surface area (Å²) < 4.78 is 6.01. The van der Waals surface area contributed by atoms with E-state index in [1.165, 1.54) is 24.8 Å². The van der Waals surface area contributed by atoms with Gasteiger partial charge in [-0.2, -0.15) is 0 Å². The van der Waals surface area contributed by atoms with Crippen molar-refractivity contribution in [3.05, 3.63) is 34.3 Å². The van der Waals surface area contributed by atoms with Crippen LogP contribution in [0.4, 0.5) is 0 Å². The molecule has 110 valence electrons. The molecule has 1 saturated heterocycles. The molecule has 0 radical (unpaired) electrons. The lowest BCUT2D eigenvalue weighted by Gasteiger charge is -2.48. The molecule has 0 aromatic heterocycles. The van der Waals surface area contributed by atoms with Gasteiger partial charge in [0.05, 0.1) is 5.60 Å². The largest absolute Gasteiger partial charge is 0.375 e. The molecule has 2 aliphatic rings. The first-order valence-corrected chi connectivity index (χ1v) is 7.87. The Labute approximate surface area is 125 Å². The summed E-state index contributed by atoms with van der Waals surface area (Å²) in [6.07, 6.45) is 5.87. The number of aryl methyl sites for hydroxylation is 1. The minimum Gasteiger partial charge on any atom is -0.375 e. The molecule has 1 spiro atoms. The van der Waals surface area contributed by atoms with E-state index in [4.69, 9.17) is 22.2 Å². The van der Waals surface area contributed by atoms with Gasteiger partial charge in [0.2, 0.25) is 0 Å². The van der Waals surface area contributed by atoms with Crippen LogP contribution in [0.3, 0.4) is 0 Å². The molecule has 0 bridgehead atoms. The van der Waals surface area contributed by atoms with E-state index in [0.717, 1.165) is 30.0 Å². The van der Waals surface area contributed by atoms with Gasteiger partial charge >= 0.3 is 0 Å². The number of halogens is 1. The Morgan fingerprint density at radius 1 is 1.45 bits per heavy atom. The first-order valence-electron chi connectivity index (χ1n) is 7.50. The van der Waals surface area contributed by atoms with Crippen LogP contribution in [0.15, 0.2) is 18.2 Å². The van der Waals surface area contributed by atoms with Gasteiger partial charge in [0.1, 0.15) is 0 Å². The molecule has 3 nitrogen and oxygen atoms in total. The molecule has 1 saturated carbocycles. The van der Waals surface area contributed by atoms with E-state index in [0.29, 0.717) is 5.92 Å². The number of nitrogens with one attached hydrogen (secondary N) is 1. The zero-order valence-electron chi connectivity index (χ0n) is 12.0. The summed E-state index contributed by atoms with van der Waals surface area (Å²) >= 11 is 6.26. The average molecular weight is 295 g/mol. The molecule has 2 atom stereocenters. The Bertz CT molecular complexity index is 487. The van der Waals surface area contributed by atoms with Crippen molar-refractivity contribution in [2.75, 3.05) is 6.61 Å². The summed E-state index contributed by atoms with van der Waals surface area (Å²) in [7, 11) is 0. The number of rotatable bonds is 3. The maximum absolute atomic E-state index is 6.26. The van der Waals surface area contributed by atoms with Crippen molar-refractivity contribution in [1.82, 2.24) is 5.43 Å². The van der Waals surface area contributed by atoms with Crippen molar-refractivity contribution in [2.45, 2.75) is 50.7 Å². The van der Waals surface area contributed by atoms with Crippen molar-refractivity contribution in [3.63, 3.8) is 0 Å². The summed E-state index contributed by atoms with van der Waals surface area (Å²) in [5.74, 6) is 6.36. The van der Waals surface area contributed by atoms with Crippen molar-refractivity contribution >= 4 is 11.6 Å². The van der Waals surface area contributed by atoms with E-state index in [1.54, 1.807) is 0 Å². The predicted molar refractivity (Wildman–Crippen MR) is 81.5 cm³/mol. The molecule has 1 aromatic rings. The summed E-state index contributed by atoms with van der Waals surface area (Å²) in [5, 5.41) is 0.813. The number of hydrogen-bond acceptors (Lipinski definition) is 3. The molecule has 1 heterocycles. The third-order valence-electron chi connectivity index (χ3n) is 5.00.